The Morgan fingerprint density at radius 1 is 1.58 bits per heavy atom. The van der Waals surface area contributed by atoms with Gasteiger partial charge in [-0.25, -0.2) is 4.39 Å². The number of aliphatic carboxylic acids is 1. The second-order valence-corrected chi connectivity index (χ2v) is 4.66. The summed E-state index contributed by atoms with van der Waals surface area (Å²) in [5.74, 6) is -1.81. The number of hydrogen-bond acceptors (Lipinski definition) is 3. The van der Waals surface area contributed by atoms with Gasteiger partial charge in [-0.3, -0.25) is 9.59 Å². The highest BCUT2D eigenvalue weighted by Crippen LogP contribution is 2.22. The van der Waals surface area contributed by atoms with Crippen molar-refractivity contribution in [2.45, 2.75) is 25.4 Å². The largest absolute Gasteiger partial charge is 0.481 e. The lowest BCUT2D eigenvalue weighted by atomic mass is 10.0. The number of halogens is 1. The molecule has 1 aliphatic heterocycles. The molecule has 1 saturated heterocycles. The number of nitrogens with zero attached hydrogens (tertiary/aromatic N) is 1. The fraction of sp³-hybridized carbons (Fsp3) is 0.385. The van der Waals surface area contributed by atoms with Crippen LogP contribution in [0.3, 0.4) is 0 Å². The van der Waals surface area contributed by atoms with Gasteiger partial charge >= 0.3 is 5.97 Å². The number of benzene rings is 1. The lowest BCUT2D eigenvalue weighted by Gasteiger charge is -2.39. The molecule has 2 unspecified atom stereocenters. The van der Waals surface area contributed by atoms with E-state index in [0.29, 0.717) is 12.2 Å². The normalized spacial score (nSPS) is 23.1. The van der Waals surface area contributed by atoms with E-state index in [4.69, 9.17) is 5.11 Å². The molecular formula is C13H15FN2O3. The minimum Gasteiger partial charge on any atom is -0.481 e. The summed E-state index contributed by atoms with van der Waals surface area (Å²) in [6, 6.07) is 4.91. The highest BCUT2D eigenvalue weighted by atomic mass is 19.1. The van der Waals surface area contributed by atoms with Crippen molar-refractivity contribution < 1.29 is 19.1 Å². The van der Waals surface area contributed by atoms with Gasteiger partial charge in [-0.1, -0.05) is 6.07 Å². The van der Waals surface area contributed by atoms with Crippen molar-refractivity contribution in [2.75, 3.05) is 11.4 Å². The van der Waals surface area contributed by atoms with Crippen molar-refractivity contribution >= 4 is 17.6 Å². The van der Waals surface area contributed by atoms with Gasteiger partial charge in [0, 0.05) is 18.3 Å². The first-order valence-electron chi connectivity index (χ1n) is 6.01. The van der Waals surface area contributed by atoms with E-state index in [1.54, 1.807) is 17.0 Å². The molecule has 1 fully saturated rings. The predicted molar refractivity (Wildman–Crippen MR) is 67.4 cm³/mol. The molecular weight excluding hydrogens is 251 g/mol. The smallest absolute Gasteiger partial charge is 0.305 e. The van der Waals surface area contributed by atoms with Gasteiger partial charge in [-0.2, -0.15) is 0 Å². The van der Waals surface area contributed by atoms with E-state index in [1.165, 1.54) is 12.1 Å². The summed E-state index contributed by atoms with van der Waals surface area (Å²) in [4.78, 5) is 24.4. The quantitative estimate of drug-likeness (QED) is 0.856. The van der Waals surface area contributed by atoms with Crippen LogP contribution in [0.15, 0.2) is 24.3 Å². The number of carboxylic acids is 1. The molecule has 1 aliphatic rings. The summed E-state index contributed by atoms with van der Waals surface area (Å²) in [5.41, 5.74) is 0.521. The zero-order valence-corrected chi connectivity index (χ0v) is 10.5. The van der Waals surface area contributed by atoms with E-state index in [9.17, 15) is 14.0 Å². The van der Waals surface area contributed by atoms with E-state index in [0.717, 1.165) is 0 Å². The van der Waals surface area contributed by atoms with Crippen LogP contribution in [-0.2, 0) is 9.59 Å². The fourth-order valence-corrected chi connectivity index (χ4v) is 2.26. The molecule has 6 heteroatoms. The third-order valence-corrected chi connectivity index (χ3v) is 3.05. The van der Waals surface area contributed by atoms with E-state index in [1.807, 2.05) is 6.92 Å². The number of carbonyl (C=O) groups is 2. The zero-order valence-electron chi connectivity index (χ0n) is 10.5. The molecule has 1 aromatic rings. The number of hydrogen-bond donors (Lipinski definition) is 2. The number of anilines is 1. The molecule has 102 valence electrons. The maximum atomic E-state index is 13.3. The molecule has 2 atom stereocenters. The lowest BCUT2D eigenvalue weighted by molar-refractivity contribution is -0.140. The summed E-state index contributed by atoms with van der Waals surface area (Å²) in [6.45, 7) is 2.27. The van der Waals surface area contributed by atoms with Crippen molar-refractivity contribution in [3.63, 3.8) is 0 Å². The monoisotopic (exact) mass is 266 g/mol. The molecule has 0 aromatic heterocycles. The van der Waals surface area contributed by atoms with Gasteiger partial charge < -0.3 is 15.3 Å². The van der Waals surface area contributed by atoms with E-state index in [-0.39, 0.29) is 18.4 Å². The number of nitrogens with one attached hydrogen (secondary N) is 1. The van der Waals surface area contributed by atoms with Gasteiger partial charge in [-0.05, 0) is 25.1 Å². The molecule has 2 N–H and O–H groups in total. The molecule has 0 aliphatic carbocycles. The van der Waals surface area contributed by atoms with Crippen molar-refractivity contribution in [1.82, 2.24) is 5.32 Å². The highest BCUT2D eigenvalue weighted by Gasteiger charge is 2.34. The van der Waals surface area contributed by atoms with Gasteiger partial charge in [0.25, 0.3) is 0 Å². The SMILES string of the molecule is CC1CN(c2cccc(F)c2)C(CC(=O)O)C(=O)N1. The van der Waals surface area contributed by atoms with Crippen LogP contribution >= 0.6 is 0 Å². The van der Waals surface area contributed by atoms with Crippen molar-refractivity contribution in [3.05, 3.63) is 30.1 Å². The van der Waals surface area contributed by atoms with Gasteiger partial charge in [0.1, 0.15) is 11.9 Å². The molecule has 0 spiro atoms. The molecule has 1 amide bonds. The summed E-state index contributed by atoms with van der Waals surface area (Å²) in [7, 11) is 0. The van der Waals surface area contributed by atoms with Crippen LogP contribution in [-0.4, -0.2) is 35.6 Å². The molecule has 0 radical (unpaired) electrons. The predicted octanol–water partition coefficient (Wildman–Crippen LogP) is 0.994. The average Bonchev–Trinajstić information content (AvgIpc) is 2.32. The Balaban J connectivity index is 2.31. The molecule has 0 bridgehead atoms. The number of carboxylic acid groups (broad SMARTS) is 1. The Kier molecular flexibility index (Phi) is 3.69. The summed E-state index contributed by atoms with van der Waals surface area (Å²) in [5, 5.41) is 11.6. The number of amides is 1. The third kappa shape index (κ3) is 3.01. The Hall–Kier alpha value is -2.11. The van der Waals surface area contributed by atoms with E-state index < -0.39 is 17.8 Å². The summed E-state index contributed by atoms with van der Waals surface area (Å²) in [6.07, 6.45) is -0.310. The van der Waals surface area contributed by atoms with Gasteiger partial charge in [0.05, 0.1) is 6.42 Å². The van der Waals surface area contributed by atoms with Crippen LogP contribution < -0.4 is 10.2 Å². The molecule has 19 heavy (non-hydrogen) atoms. The van der Waals surface area contributed by atoms with Gasteiger partial charge in [-0.15, -0.1) is 0 Å². The van der Waals surface area contributed by atoms with Gasteiger partial charge in [0.2, 0.25) is 5.91 Å². The van der Waals surface area contributed by atoms with E-state index >= 15 is 0 Å². The first kappa shape index (κ1) is 13.3. The maximum Gasteiger partial charge on any atom is 0.305 e. The second kappa shape index (κ2) is 5.26. The van der Waals surface area contributed by atoms with Crippen molar-refractivity contribution in [1.29, 1.82) is 0 Å². The van der Waals surface area contributed by atoms with Crippen LogP contribution in [0.2, 0.25) is 0 Å². The summed E-state index contributed by atoms with van der Waals surface area (Å²) >= 11 is 0. The molecule has 2 rings (SSSR count). The maximum absolute atomic E-state index is 13.3. The zero-order chi connectivity index (χ0) is 14.0. The second-order valence-electron chi connectivity index (χ2n) is 4.66. The Bertz CT molecular complexity index is 506. The number of piperazine rings is 1. The van der Waals surface area contributed by atoms with Crippen LogP contribution in [0.5, 0.6) is 0 Å². The third-order valence-electron chi connectivity index (χ3n) is 3.05. The standard InChI is InChI=1S/C13H15FN2O3/c1-8-7-16(10-4-2-3-9(14)5-10)11(6-12(17)18)13(19)15-8/h2-5,8,11H,6-7H2,1H3,(H,15,19)(H,17,18). The topological polar surface area (TPSA) is 69.6 Å². The molecule has 0 saturated carbocycles. The summed E-state index contributed by atoms with van der Waals surface area (Å²) < 4.78 is 13.3. The van der Waals surface area contributed by atoms with Crippen LogP contribution in [0, 0.1) is 5.82 Å². The lowest BCUT2D eigenvalue weighted by Crippen LogP contribution is -2.60. The van der Waals surface area contributed by atoms with Crippen LogP contribution in [0.25, 0.3) is 0 Å². The molecule has 5 nitrogen and oxygen atoms in total. The molecule has 1 aromatic carbocycles. The first-order valence-corrected chi connectivity index (χ1v) is 6.01. The number of rotatable bonds is 3. The van der Waals surface area contributed by atoms with Crippen LogP contribution in [0.4, 0.5) is 10.1 Å². The van der Waals surface area contributed by atoms with Crippen LogP contribution in [0.1, 0.15) is 13.3 Å². The fourth-order valence-electron chi connectivity index (χ4n) is 2.26. The first-order chi connectivity index (χ1) is 8.97. The highest BCUT2D eigenvalue weighted by molar-refractivity contribution is 5.90. The Labute approximate surface area is 110 Å². The van der Waals surface area contributed by atoms with Crippen molar-refractivity contribution in [3.8, 4) is 0 Å². The Morgan fingerprint density at radius 2 is 2.32 bits per heavy atom. The van der Waals surface area contributed by atoms with Gasteiger partial charge in [0.15, 0.2) is 0 Å². The van der Waals surface area contributed by atoms with E-state index in [2.05, 4.69) is 5.32 Å². The Morgan fingerprint density at radius 3 is 2.95 bits per heavy atom. The minimum absolute atomic E-state index is 0.110. The average molecular weight is 266 g/mol. The number of carbonyl (C=O) groups excluding carboxylic acids is 1. The molecule has 1 heterocycles. The minimum atomic E-state index is -1.06. The van der Waals surface area contributed by atoms with Crippen molar-refractivity contribution in [2.24, 2.45) is 0 Å².